The van der Waals surface area contributed by atoms with Crippen LogP contribution in [0.2, 0.25) is 0 Å². The SMILES string of the molecule is CCCCCCCCCCCCC(CN)CCCC. The Morgan fingerprint density at radius 3 is 1.47 bits per heavy atom. The minimum atomic E-state index is 0.800. The maximum absolute atomic E-state index is 5.83. The van der Waals surface area contributed by atoms with Gasteiger partial charge < -0.3 is 5.73 Å². The molecule has 0 saturated carbocycles. The molecule has 0 fully saturated rings. The Balaban J connectivity index is 3.16. The lowest BCUT2D eigenvalue weighted by Gasteiger charge is -2.13. The number of unbranched alkanes of at least 4 members (excludes halogenated alkanes) is 10. The first-order valence-electron chi connectivity index (χ1n) is 9.05. The second-order valence-corrected chi connectivity index (χ2v) is 6.21. The summed E-state index contributed by atoms with van der Waals surface area (Å²) in [5.41, 5.74) is 5.83. The molecule has 0 saturated heterocycles. The minimum Gasteiger partial charge on any atom is -0.330 e. The highest BCUT2D eigenvalue weighted by Crippen LogP contribution is 2.17. The lowest BCUT2D eigenvalue weighted by molar-refractivity contribution is 0.418. The lowest BCUT2D eigenvalue weighted by atomic mass is 9.95. The van der Waals surface area contributed by atoms with Crippen molar-refractivity contribution in [2.45, 2.75) is 104 Å². The summed E-state index contributed by atoms with van der Waals surface area (Å²) >= 11 is 0. The summed E-state index contributed by atoms with van der Waals surface area (Å²) in [6, 6.07) is 0. The van der Waals surface area contributed by atoms with E-state index in [2.05, 4.69) is 13.8 Å². The summed E-state index contributed by atoms with van der Waals surface area (Å²) in [5, 5.41) is 0. The van der Waals surface area contributed by atoms with Crippen LogP contribution in [0, 0.1) is 5.92 Å². The van der Waals surface area contributed by atoms with Crippen molar-refractivity contribution in [3.63, 3.8) is 0 Å². The lowest BCUT2D eigenvalue weighted by Crippen LogP contribution is -2.14. The average molecular weight is 270 g/mol. The Kier molecular flexibility index (Phi) is 16.0. The van der Waals surface area contributed by atoms with Crippen molar-refractivity contribution in [2.75, 3.05) is 6.54 Å². The van der Waals surface area contributed by atoms with Crippen LogP contribution < -0.4 is 5.73 Å². The van der Waals surface area contributed by atoms with E-state index in [4.69, 9.17) is 5.73 Å². The van der Waals surface area contributed by atoms with Crippen LogP contribution in [-0.2, 0) is 0 Å². The first-order valence-corrected chi connectivity index (χ1v) is 9.05. The third kappa shape index (κ3) is 14.2. The van der Waals surface area contributed by atoms with Crippen LogP contribution in [0.3, 0.4) is 0 Å². The largest absolute Gasteiger partial charge is 0.330 e. The molecule has 0 aliphatic heterocycles. The molecule has 1 unspecified atom stereocenters. The van der Waals surface area contributed by atoms with Crippen molar-refractivity contribution in [3.05, 3.63) is 0 Å². The van der Waals surface area contributed by atoms with E-state index in [-0.39, 0.29) is 0 Å². The number of hydrogen-bond donors (Lipinski definition) is 1. The number of rotatable bonds is 15. The Morgan fingerprint density at radius 1 is 0.579 bits per heavy atom. The molecule has 1 nitrogen and oxygen atoms in total. The first-order chi connectivity index (χ1) is 9.35. The van der Waals surface area contributed by atoms with E-state index >= 15 is 0 Å². The highest BCUT2D eigenvalue weighted by molar-refractivity contribution is 4.60. The predicted molar refractivity (Wildman–Crippen MR) is 88.5 cm³/mol. The average Bonchev–Trinajstić information content (AvgIpc) is 2.44. The van der Waals surface area contributed by atoms with Crippen LogP contribution in [0.15, 0.2) is 0 Å². The smallest absolute Gasteiger partial charge is 0.00489 e. The van der Waals surface area contributed by atoms with Gasteiger partial charge in [0.2, 0.25) is 0 Å². The summed E-state index contributed by atoms with van der Waals surface area (Å²) in [6.45, 7) is 5.46. The maximum atomic E-state index is 5.83. The molecule has 1 heteroatoms. The number of hydrogen-bond acceptors (Lipinski definition) is 1. The molecular formula is C18H39N. The van der Waals surface area contributed by atoms with Crippen LogP contribution in [0.1, 0.15) is 104 Å². The molecule has 0 spiro atoms. The Hall–Kier alpha value is -0.0400. The Bertz CT molecular complexity index is 156. The van der Waals surface area contributed by atoms with Crippen LogP contribution in [0.5, 0.6) is 0 Å². The molecule has 2 N–H and O–H groups in total. The van der Waals surface area contributed by atoms with Crippen LogP contribution in [0.25, 0.3) is 0 Å². The summed E-state index contributed by atoms with van der Waals surface area (Å²) in [7, 11) is 0. The van der Waals surface area contributed by atoms with Crippen molar-refractivity contribution in [3.8, 4) is 0 Å². The summed E-state index contributed by atoms with van der Waals surface area (Å²) in [4.78, 5) is 0. The Morgan fingerprint density at radius 2 is 1.00 bits per heavy atom. The zero-order valence-electron chi connectivity index (χ0n) is 13.8. The standard InChI is InChI=1S/C18H39N/c1-3-5-7-8-9-10-11-12-13-14-16-18(17-19)15-6-4-2/h18H,3-17,19H2,1-2H3. The molecule has 0 aliphatic rings. The van der Waals surface area contributed by atoms with Gasteiger partial charge in [-0.2, -0.15) is 0 Å². The van der Waals surface area contributed by atoms with E-state index in [9.17, 15) is 0 Å². The molecule has 19 heavy (non-hydrogen) atoms. The Labute approximate surface area is 122 Å². The zero-order valence-corrected chi connectivity index (χ0v) is 13.8. The van der Waals surface area contributed by atoms with Crippen molar-refractivity contribution >= 4 is 0 Å². The van der Waals surface area contributed by atoms with Crippen molar-refractivity contribution in [1.82, 2.24) is 0 Å². The molecule has 116 valence electrons. The quantitative estimate of drug-likeness (QED) is 0.359. The topological polar surface area (TPSA) is 26.0 Å². The van der Waals surface area contributed by atoms with Crippen LogP contribution in [-0.4, -0.2) is 6.54 Å². The monoisotopic (exact) mass is 269 g/mol. The second-order valence-electron chi connectivity index (χ2n) is 6.21. The molecule has 0 heterocycles. The molecule has 0 aromatic heterocycles. The van der Waals surface area contributed by atoms with Crippen LogP contribution >= 0.6 is 0 Å². The van der Waals surface area contributed by atoms with Gasteiger partial charge in [-0.1, -0.05) is 90.9 Å². The van der Waals surface area contributed by atoms with Gasteiger partial charge in [-0.3, -0.25) is 0 Å². The van der Waals surface area contributed by atoms with Gasteiger partial charge in [0.15, 0.2) is 0 Å². The molecule has 1 atom stereocenters. The zero-order chi connectivity index (χ0) is 14.2. The van der Waals surface area contributed by atoms with Crippen molar-refractivity contribution in [2.24, 2.45) is 11.7 Å². The molecule has 0 bridgehead atoms. The van der Waals surface area contributed by atoms with Gasteiger partial charge in [0.25, 0.3) is 0 Å². The van der Waals surface area contributed by atoms with Gasteiger partial charge in [-0.15, -0.1) is 0 Å². The molecule has 0 aromatic carbocycles. The molecule has 0 amide bonds. The van der Waals surface area contributed by atoms with Gasteiger partial charge in [0, 0.05) is 0 Å². The molecular weight excluding hydrogens is 230 g/mol. The second kappa shape index (κ2) is 16.0. The summed E-state index contributed by atoms with van der Waals surface area (Å²) in [6.07, 6.45) is 19.7. The first kappa shape index (κ1) is 19.0. The van der Waals surface area contributed by atoms with Gasteiger partial charge in [0.1, 0.15) is 0 Å². The highest BCUT2D eigenvalue weighted by atomic mass is 14.5. The van der Waals surface area contributed by atoms with E-state index in [1.165, 1.54) is 89.9 Å². The van der Waals surface area contributed by atoms with E-state index in [1.54, 1.807) is 0 Å². The molecule has 0 rings (SSSR count). The van der Waals surface area contributed by atoms with E-state index in [0.29, 0.717) is 0 Å². The molecule has 0 aliphatic carbocycles. The third-order valence-corrected chi connectivity index (χ3v) is 4.27. The fourth-order valence-electron chi connectivity index (χ4n) is 2.79. The highest BCUT2D eigenvalue weighted by Gasteiger charge is 2.05. The van der Waals surface area contributed by atoms with Gasteiger partial charge >= 0.3 is 0 Å². The maximum Gasteiger partial charge on any atom is -0.00489 e. The summed E-state index contributed by atoms with van der Waals surface area (Å²) in [5.74, 6) is 0.800. The van der Waals surface area contributed by atoms with Gasteiger partial charge in [-0.05, 0) is 25.3 Å². The number of nitrogens with two attached hydrogens (primary N) is 1. The third-order valence-electron chi connectivity index (χ3n) is 4.27. The van der Waals surface area contributed by atoms with Gasteiger partial charge in [0.05, 0.1) is 0 Å². The fourth-order valence-corrected chi connectivity index (χ4v) is 2.79. The van der Waals surface area contributed by atoms with Crippen LogP contribution in [0.4, 0.5) is 0 Å². The van der Waals surface area contributed by atoms with Crippen molar-refractivity contribution in [1.29, 1.82) is 0 Å². The van der Waals surface area contributed by atoms with E-state index in [0.717, 1.165) is 12.5 Å². The predicted octanol–water partition coefficient (Wildman–Crippen LogP) is 6.06. The van der Waals surface area contributed by atoms with Crippen molar-refractivity contribution < 1.29 is 0 Å². The van der Waals surface area contributed by atoms with E-state index in [1.807, 2.05) is 0 Å². The minimum absolute atomic E-state index is 0.800. The molecule has 0 aromatic rings. The normalized spacial score (nSPS) is 12.8. The fraction of sp³-hybridized carbons (Fsp3) is 1.00. The van der Waals surface area contributed by atoms with Gasteiger partial charge in [-0.25, -0.2) is 0 Å². The molecule has 0 radical (unpaired) electrons. The summed E-state index contributed by atoms with van der Waals surface area (Å²) < 4.78 is 0. The van der Waals surface area contributed by atoms with E-state index < -0.39 is 0 Å².